The SMILES string of the molecule is CCC(CO)NC(=O)c1cccc(CN(C)Cc2ccccc2)c1. The maximum Gasteiger partial charge on any atom is 0.251 e. The molecule has 4 nitrogen and oxygen atoms in total. The van der Waals surface area contributed by atoms with Crippen molar-refractivity contribution in [1.29, 1.82) is 0 Å². The maximum atomic E-state index is 12.3. The number of hydrogen-bond donors (Lipinski definition) is 2. The van der Waals surface area contributed by atoms with E-state index in [1.54, 1.807) is 6.07 Å². The Morgan fingerprint density at radius 3 is 2.42 bits per heavy atom. The van der Waals surface area contributed by atoms with E-state index < -0.39 is 0 Å². The molecule has 2 N–H and O–H groups in total. The van der Waals surface area contributed by atoms with Crippen LogP contribution < -0.4 is 5.32 Å². The molecule has 0 heterocycles. The van der Waals surface area contributed by atoms with Crippen LogP contribution in [0.2, 0.25) is 0 Å². The third-order valence-corrected chi connectivity index (χ3v) is 3.99. The lowest BCUT2D eigenvalue weighted by molar-refractivity contribution is 0.0914. The van der Waals surface area contributed by atoms with Crippen molar-refractivity contribution < 1.29 is 9.90 Å². The molecule has 1 atom stereocenters. The second-order valence-electron chi connectivity index (χ2n) is 6.12. The van der Waals surface area contributed by atoms with Crippen molar-refractivity contribution in [2.75, 3.05) is 13.7 Å². The predicted molar refractivity (Wildman–Crippen MR) is 96.7 cm³/mol. The van der Waals surface area contributed by atoms with Crippen molar-refractivity contribution in [3.63, 3.8) is 0 Å². The summed E-state index contributed by atoms with van der Waals surface area (Å²) in [6, 6.07) is 17.8. The molecule has 0 aliphatic carbocycles. The first kappa shape index (κ1) is 18.2. The Bertz CT molecular complexity index is 639. The van der Waals surface area contributed by atoms with Crippen LogP contribution in [-0.2, 0) is 13.1 Å². The normalized spacial score (nSPS) is 12.2. The molecule has 0 saturated heterocycles. The lowest BCUT2D eigenvalue weighted by Gasteiger charge is -2.18. The number of nitrogens with zero attached hydrogens (tertiary/aromatic N) is 1. The van der Waals surface area contributed by atoms with Gasteiger partial charge in [0.1, 0.15) is 0 Å². The average Bonchev–Trinajstić information content (AvgIpc) is 2.60. The summed E-state index contributed by atoms with van der Waals surface area (Å²) >= 11 is 0. The first-order valence-electron chi connectivity index (χ1n) is 8.35. The van der Waals surface area contributed by atoms with Crippen LogP contribution in [-0.4, -0.2) is 35.6 Å². The fraction of sp³-hybridized carbons (Fsp3) is 0.350. The van der Waals surface area contributed by atoms with E-state index in [2.05, 4.69) is 29.4 Å². The van der Waals surface area contributed by atoms with Gasteiger partial charge in [-0.1, -0.05) is 49.4 Å². The minimum absolute atomic E-state index is 0.0399. The van der Waals surface area contributed by atoms with Gasteiger partial charge in [0.2, 0.25) is 0 Å². The number of hydrogen-bond acceptors (Lipinski definition) is 3. The smallest absolute Gasteiger partial charge is 0.251 e. The van der Waals surface area contributed by atoms with Crippen molar-refractivity contribution >= 4 is 5.91 Å². The second-order valence-corrected chi connectivity index (χ2v) is 6.12. The average molecular weight is 326 g/mol. The largest absolute Gasteiger partial charge is 0.394 e. The summed E-state index contributed by atoms with van der Waals surface area (Å²) in [6.45, 7) is 3.53. The van der Waals surface area contributed by atoms with Crippen LogP contribution in [0.5, 0.6) is 0 Å². The lowest BCUT2D eigenvalue weighted by Crippen LogP contribution is -2.36. The molecule has 0 radical (unpaired) electrons. The number of aliphatic hydroxyl groups is 1. The highest BCUT2D eigenvalue weighted by Gasteiger charge is 2.12. The van der Waals surface area contributed by atoms with E-state index in [4.69, 9.17) is 0 Å². The molecule has 1 amide bonds. The molecule has 0 spiro atoms. The summed E-state index contributed by atoms with van der Waals surface area (Å²) in [4.78, 5) is 14.5. The third-order valence-electron chi connectivity index (χ3n) is 3.99. The van der Waals surface area contributed by atoms with Gasteiger partial charge in [0.25, 0.3) is 5.91 Å². The molecule has 2 rings (SSSR count). The van der Waals surface area contributed by atoms with Gasteiger partial charge in [-0.15, -0.1) is 0 Å². The Kier molecular flexibility index (Phi) is 6.97. The zero-order chi connectivity index (χ0) is 17.4. The number of carbonyl (C=O) groups excluding carboxylic acids is 1. The summed E-state index contributed by atoms with van der Waals surface area (Å²) in [5, 5.41) is 12.1. The molecule has 0 aromatic heterocycles. The van der Waals surface area contributed by atoms with E-state index in [1.165, 1.54) is 5.56 Å². The molecule has 0 aliphatic heterocycles. The fourth-order valence-electron chi connectivity index (χ4n) is 2.62. The van der Waals surface area contributed by atoms with Crippen molar-refractivity contribution in [2.24, 2.45) is 0 Å². The van der Waals surface area contributed by atoms with Gasteiger partial charge in [-0.25, -0.2) is 0 Å². The molecule has 24 heavy (non-hydrogen) atoms. The number of rotatable bonds is 8. The second kappa shape index (κ2) is 9.21. The van der Waals surface area contributed by atoms with Gasteiger partial charge in [0, 0.05) is 18.7 Å². The van der Waals surface area contributed by atoms with Crippen LogP contribution in [0.25, 0.3) is 0 Å². The maximum absolute atomic E-state index is 12.3. The summed E-state index contributed by atoms with van der Waals surface area (Å²) < 4.78 is 0. The molecule has 0 aliphatic rings. The van der Waals surface area contributed by atoms with Crippen LogP contribution in [0, 0.1) is 0 Å². The monoisotopic (exact) mass is 326 g/mol. The van der Waals surface area contributed by atoms with E-state index >= 15 is 0 Å². The highest BCUT2D eigenvalue weighted by molar-refractivity contribution is 5.94. The van der Waals surface area contributed by atoms with E-state index in [9.17, 15) is 9.90 Å². The molecule has 0 saturated carbocycles. The molecule has 128 valence electrons. The van der Waals surface area contributed by atoms with E-state index in [-0.39, 0.29) is 18.6 Å². The molecule has 4 heteroatoms. The van der Waals surface area contributed by atoms with Gasteiger partial charge >= 0.3 is 0 Å². The standard InChI is InChI=1S/C20H26N2O2/c1-3-19(15-23)21-20(24)18-11-7-10-17(12-18)14-22(2)13-16-8-5-4-6-9-16/h4-12,19,23H,3,13-15H2,1-2H3,(H,21,24). The summed E-state index contributed by atoms with van der Waals surface area (Å²) in [5.74, 6) is -0.136. The van der Waals surface area contributed by atoms with Gasteiger partial charge < -0.3 is 10.4 Å². The van der Waals surface area contributed by atoms with Gasteiger partial charge in [0.05, 0.1) is 12.6 Å². The minimum Gasteiger partial charge on any atom is -0.394 e. The van der Waals surface area contributed by atoms with Gasteiger partial charge in [-0.2, -0.15) is 0 Å². The number of nitrogens with one attached hydrogen (secondary N) is 1. The van der Waals surface area contributed by atoms with Crippen molar-refractivity contribution in [3.05, 3.63) is 71.3 Å². The molecule has 2 aromatic rings. The molecule has 2 aromatic carbocycles. The Hall–Kier alpha value is -2.17. The Balaban J connectivity index is 1.98. The predicted octanol–water partition coefficient (Wildman–Crippen LogP) is 2.82. The van der Waals surface area contributed by atoms with Gasteiger partial charge in [0.15, 0.2) is 0 Å². The van der Waals surface area contributed by atoms with Crippen LogP contribution in [0.1, 0.15) is 34.8 Å². The highest BCUT2D eigenvalue weighted by Crippen LogP contribution is 2.11. The van der Waals surface area contributed by atoms with Crippen LogP contribution in [0.15, 0.2) is 54.6 Å². The Morgan fingerprint density at radius 1 is 1.08 bits per heavy atom. The molecule has 0 fully saturated rings. The van der Waals surface area contributed by atoms with E-state index in [0.29, 0.717) is 12.0 Å². The number of carbonyl (C=O) groups is 1. The van der Waals surface area contributed by atoms with Crippen LogP contribution >= 0.6 is 0 Å². The summed E-state index contributed by atoms with van der Waals surface area (Å²) in [7, 11) is 2.07. The molecular formula is C20H26N2O2. The first-order chi connectivity index (χ1) is 11.6. The number of benzene rings is 2. The topological polar surface area (TPSA) is 52.6 Å². The zero-order valence-electron chi connectivity index (χ0n) is 14.4. The quantitative estimate of drug-likeness (QED) is 0.784. The zero-order valence-corrected chi connectivity index (χ0v) is 14.4. The number of amides is 1. The van der Waals surface area contributed by atoms with E-state index in [1.807, 2.05) is 43.3 Å². The summed E-state index contributed by atoms with van der Waals surface area (Å²) in [5.41, 5.74) is 2.99. The van der Waals surface area contributed by atoms with Gasteiger partial charge in [-0.05, 0) is 36.7 Å². The van der Waals surface area contributed by atoms with E-state index in [0.717, 1.165) is 18.7 Å². The molecule has 0 bridgehead atoms. The molecule has 1 unspecified atom stereocenters. The van der Waals surface area contributed by atoms with Crippen LogP contribution in [0.3, 0.4) is 0 Å². The first-order valence-corrected chi connectivity index (χ1v) is 8.35. The lowest BCUT2D eigenvalue weighted by atomic mass is 10.1. The summed E-state index contributed by atoms with van der Waals surface area (Å²) in [6.07, 6.45) is 0.710. The Labute approximate surface area is 144 Å². The highest BCUT2D eigenvalue weighted by atomic mass is 16.3. The van der Waals surface area contributed by atoms with Crippen molar-refractivity contribution in [2.45, 2.75) is 32.5 Å². The van der Waals surface area contributed by atoms with Crippen molar-refractivity contribution in [1.82, 2.24) is 10.2 Å². The minimum atomic E-state index is -0.193. The third kappa shape index (κ3) is 5.48. The Morgan fingerprint density at radius 2 is 1.75 bits per heavy atom. The number of aliphatic hydroxyl groups excluding tert-OH is 1. The van der Waals surface area contributed by atoms with Crippen molar-refractivity contribution in [3.8, 4) is 0 Å². The van der Waals surface area contributed by atoms with Crippen LogP contribution in [0.4, 0.5) is 0 Å². The fourth-order valence-corrected chi connectivity index (χ4v) is 2.62. The van der Waals surface area contributed by atoms with Gasteiger partial charge in [-0.3, -0.25) is 9.69 Å². The molecular weight excluding hydrogens is 300 g/mol.